The van der Waals surface area contributed by atoms with E-state index >= 15 is 0 Å². The van der Waals surface area contributed by atoms with Crippen LogP contribution in [0.5, 0.6) is 0 Å². The summed E-state index contributed by atoms with van der Waals surface area (Å²) < 4.78 is 5.69. The zero-order chi connectivity index (χ0) is 11.0. The van der Waals surface area contributed by atoms with Crippen molar-refractivity contribution in [2.24, 2.45) is 11.8 Å². The fourth-order valence-electron chi connectivity index (χ4n) is 0.995. The van der Waals surface area contributed by atoms with Crippen molar-refractivity contribution in [2.45, 2.75) is 33.8 Å². The molecule has 86 valence electrons. The second kappa shape index (κ2) is 8.21. The number of aliphatic hydroxyl groups excluding tert-OH is 1. The van der Waals surface area contributed by atoms with Crippen molar-refractivity contribution in [3.8, 4) is 0 Å². The van der Waals surface area contributed by atoms with E-state index in [2.05, 4.69) is 33.0 Å². The topological polar surface area (TPSA) is 41.5 Å². The molecule has 0 amide bonds. The van der Waals surface area contributed by atoms with Gasteiger partial charge in [0, 0.05) is 6.54 Å². The molecule has 0 bridgehead atoms. The normalized spacial score (nSPS) is 15.9. The summed E-state index contributed by atoms with van der Waals surface area (Å²) in [5.74, 6) is 1.08. The van der Waals surface area contributed by atoms with Gasteiger partial charge in [0.2, 0.25) is 0 Å². The Morgan fingerprint density at radius 1 is 1.21 bits per heavy atom. The van der Waals surface area contributed by atoms with Gasteiger partial charge in [-0.25, -0.2) is 0 Å². The molecular weight excluding hydrogens is 178 g/mol. The van der Waals surface area contributed by atoms with Crippen molar-refractivity contribution < 1.29 is 9.84 Å². The molecule has 0 heterocycles. The third-order valence-corrected chi connectivity index (χ3v) is 2.36. The zero-order valence-corrected chi connectivity index (χ0v) is 9.92. The Bertz CT molecular complexity index is 128. The number of hydrogen-bond acceptors (Lipinski definition) is 3. The van der Waals surface area contributed by atoms with E-state index in [0.29, 0.717) is 24.5 Å². The maximum atomic E-state index is 8.58. The fourth-order valence-corrected chi connectivity index (χ4v) is 0.995. The van der Waals surface area contributed by atoms with Crippen LogP contribution in [-0.2, 0) is 4.74 Å². The number of ether oxygens (including phenoxy) is 1. The molecule has 2 N–H and O–H groups in total. The van der Waals surface area contributed by atoms with Crippen LogP contribution < -0.4 is 5.32 Å². The Balaban J connectivity index is 3.38. The summed E-state index contributed by atoms with van der Waals surface area (Å²) in [6, 6.07) is 0. The molecule has 0 saturated carbocycles. The lowest BCUT2D eigenvalue weighted by molar-refractivity contribution is 0.0169. The maximum Gasteiger partial charge on any atom is 0.0570 e. The van der Waals surface area contributed by atoms with Crippen molar-refractivity contribution in [1.82, 2.24) is 5.32 Å². The summed E-state index contributed by atoms with van der Waals surface area (Å²) in [6.45, 7) is 11.2. The van der Waals surface area contributed by atoms with Crippen molar-refractivity contribution >= 4 is 0 Å². The van der Waals surface area contributed by atoms with Crippen molar-refractivity contribution in [3.63, 3.8) is 0 Å². The lowest BCUT2D eigenvalue weighted by Gasteiger charge is -2.19. The first-order valence-electron chi connectivity index (χ1n) is 5.51. The van der Waals surface area contributed by atoms with E-state index in [1.165, 1.54) is 0 Å². The molecule has 0 aromatic carbocycles. The van der Waals surface area contributed by atoms with Gasteiger partial charge in [-0.05, 0) is 25.3 Å². The average molecular weight is 203 g/mol. The molecule has 2 atom stereocenters. The third kappa shape index (κ3) is 7.30. The van der Waals surface area contributed by atoms with Crippen LogP contribution in [0, 0.1) is 11.8 Å². The molecular formula is C11H25NO2. The standard InChI is InChI=1S/C11H25NO2/c1-9(2)11(4)14-8-10(3)7-12-5-6-13/h9-13H,5-8H2,1-4H3. The van der Waals surface area contributed by atoms with Gasteiger partial charge < -0.3 is 15.2 Å². The minimum absolute atomic E-state index is 0.204. The Kier molecular flexibility index (Phi) is 8.14. The van der Waals surface area contributed by atoms with Crippen LogP contribution in [0.25, 0.3) is 0 Å². The summed E-state index contributed by atoms with van der Waals surface area (Å²) in [5, 5.41) is 11.7. The summed E-state index contributed by atoms with van der Waals surface area (Å²) in [5.41, 5.74) is 0. The van der Waals surface area contributed by atoms with Crippen molar-refractivity contribution in [3.05, 3.63) is 0 Å². The maximum absolute atomic E-state index is 8.58. The Hall–Kier alpha value is -0.120. The molecule has 0 spiro atoms. The first-order chi connectivity index (χ1) is 6.57. The van der Waals surface area contributed by atoms with Gasteiger partial charge in [0.1, 0.15) is 0 Å². The van der Waals surface area contributed by atoms with Crippen molar-refractivity contribution in [2.75, 3.05) is 26.3 Å². The van der Waals surface area contributed by atoms with Crippen LogP contribution in [0.4, 0.5) is 0 Å². The van der Waals surface area contributed by atoms with Gasteiger partial charge in [0.05, 0.1) is 19.3 Å². The van der Waals surface area contributed by atoms with E-state index in [-0.39, 0.29) is 6.61 Å². The quantitative estimate of drug-likeness (QED) is 0.584. The van der Waals surface area contributed by atoms with Crippen LogP contribution in [0.2, 0.25) is 0 Å². The first kappa shape index (κ1) is 13.9. The second-order valence-corrected chi connectivity index (χ2v) is 4.32. The predicted octanol–water partition coefficient (Wildman–Crippen LogP) is 1.27. The lowest BCUT2D eigenvalue weighted by Crippen LogP contribution is -2.28. The summed E-state index contributed by atoms with van der Waals surface area (Å²) in [7, 11) is 0. The van der Waals surface area contributed by atoms with Gasteiger partial charge in [0.25, 0.3) is 0 Å². The monoisotopic (exact) mass is 203 g/mol. The van der Waals surface area contributed by atoms with Gasteiger partial charge in [0.15, 0.2) is 0 Å². The molecule has 0 aliphatic heterocycles. The molecule has 0 rings (SSSR count). The molecule has 3 heteroatoms. The second-order valence-electron chi connectivity index (χ2n) is 4.32. The van der Waals surface area contributed by atoms with E-state index < -0.39 is 0 Å². The van der Waals surface area contributed by atoms with E-state index in [4.69, 9.17) is 9.84 Å². The number of aliphatic hydroxyl groups is 1. The minimum atomic E-state index is 0.204. The molecule has 0 fully saturated rings. The van der Waals surface area contributed by atoms with E-state index in [0.717, 1.165) is 13.2 Å². The molecule has 0 saturated heterocycles. The highest BCUT2D eigenvalue weighted by Gasteiger charge is 2.09. The van der Waals surface area contributed by atoms with E-state index in [1.807, 2.05) is 0 Å². The van der Waals surface area contributed by atoms with E-state index in [9.17, 15) is 0 Å². The van der Waals surface area contributed by atoms with Crippen LogP contribution >= 0.6 is 0 Å². The lowest BCUT2D eigenvalue weighted by atomic mass is 10.1. The third-order valence-electron chi connectivity index (χ3n) is 2.36. The Morgan fingerprint density at radius 2 is 1.86 bits per heavy atom. The van der Waals surface area contributed by atoms with Gasteiger partial charge in [-0.15, -0.1) is 0 Å². The molecule has 0 aromatic rings. The molecule has 14 heavy (non-hydrogen) atoms. The summed E-state index contributed by atoms with van der Waals surface area (Å²) in [6.07, 6.45) is 0.329. The largest absolute Gasteiger partial charge is 0.395 e. The molecule has 3 nitrogen and oxygen atoms in total. The minimum Gasteiger partial charge on any atom is -0.395 e. The highest BCUT2D eigenvalue weighted by molar-refractivity contribution is 4.59. The molecule has 0 radical (unpaired) electrons. The zero-order valence-electron chi connectivity index (χ0n) is 9.92. The predicted molar refractivity (Wildman–Crippen MR) is 59.4 cm³/mol. The number of nitrogens with one attached hydrogen (secondary N) is 1. The van der Waals surface area contributed by atoms with E-state index in [1.54, 1.807) is 0 Å². The van der Waals surface area contributed by atoms with Crippen LogP contribution in [-0.4, -0.2) is 37.5 Å². The first-order valence-corrected chi connectivity index (χ1v) is 5.51. The molecule has 0 aromatic heterocycles. The SMILES string of the molecule is CC(CNCCO)COC(C)C(C)C. The molecule has 0 aliphatic carbocycles. The smallest absolute Gasteiger partial charge is 0.0570 e. The average Bonchev–Trinajstić information content (AvgIpc) is 2.14. The Morgan fingerprint density at radius 3 is 2.36 bits per heavy atom. The summed E-state index contributed by atoms with van der Waals surface area (Å²) >= 11 is 0. The molecule has 0 aliphatic rings. The number of hydrogen-bond donors (Lipinski definition) is 2. The van der Waals surface area contributed by atoms with Gasteiger partial charge >= 0.3 is 0 Å². The van der Waals surface area contributed by atoms with Gasteiger partial charge in [-0.2, -0.15) is 0 Å². The molecule has 2 unspecified atom stereocenters. The summed E-state index contributed by atoms with van der Waals surface area (Å²) in [4.78, 5) is 0. The highest BCUT2D eigenvalue weighted by Crippen LogP contribution is 2.07. The van der Waals surface area contributed by atoms with Crippen LogP contribution in [0.15, 0.2) is 0 Å². The van der Waals surface area contributed by atoms with Gasteiger partial charge in [-0.1, -0.05) is 20.8 Å². The van der Waals surface area contributed by atoms with Crippen molar-refractivity contribution in [1.29, 1.82) is 0 Å². The fraction of sp³-hybridized carbons (Fsp3) is 1.00. The van der Waals surface area contributed by atoms with Crippen LogP contribution in [0.3, 0.4) is 0 Å². The highest BCUT2D eigenvalue weighted by atomic mass is 16.5. The van der Waals surface area contributed by atoms with Gasteiger partial charge in [-0.3, -0.25) is 0 Å². The number of rotatable bonds is 8. The Labute approximate surface area is 87.8 Å². The van der Waals surface area contributed by atoms with Crippen LogP contribution in [0.1, 0.15) is 27.7 Å².